The Labute approximate surface area is 155 Å². The lowest BCUT2D eigenvalue weighted by molar-refractivity contribution is -0.140. The minimum Gasteiger partial charge on any atom is -0.352 e. The number of piperidine rings is 1. The van der Waals surface area contributed by atoms with E-state index in [0.29, 0.717) is 18.2 Å². The molecule has 1 aromatic rings. The largest absolute Gasteiger partial charge is 0.352 e. The van der Waals surface area contributed by atoms with Crippen LogP contribution in [0, 0.1) is 17.3 Å². The van der Waals surface area contributed by atoms with Crippen molar-refractivity contribution in [3.63, 3.8) is 0 Å². The summed E-state index contributed by atoms with van der Waals surface area (Å²) in [6.07, 6.45) is 10.4. The van der Waals surface area contributed by atoms with Gasteiger partial charge in [0.15, 0.2) is 0 Å². The number of aryl methyl sites for hydroxylation is 1. The van der Waals surface area contributed by atoms with Crippen molar-refractivity contribution in [3.05, 3.63) is 18.2 Å². The quantitative estimate of drug-likeness (QED) is 0.874. The number of nitrogens with one attached hydrogen (secondary N) is 1. The summed E-state index contributed by atoms with van der Waals surface area (Å²) >= 11 is 0. The zero-order chi connectivity index (χ0) is 18.3. The maximum Gasteiger partial charge on any atom is 0.227 e. The topological polar surface area (TPSA) is 67.2 Å². The Bertz CT molecular complexity index is 694. The van der Waals surface area contributed by atoms with Crippen molar-refractivity contribution in [2.45, 2.75) is 57.9 Å². The number of hydrogen-bond donors (Lipinski definition) is 1. The molecule has 3 unspecified atom stereocenters. The summed E-state index contributed by atoms with van der Waals surface area (Å²) in [7, 11) is 1.91. The van der Waals surface area contributed by atoms with E-state index in [0.717, 1.165) is 51.0 Å². The van der Waals surface area contributed by atoms with E-state index in [-0.39, 0.29) is 23.3 Å². The highest BCUT2D eigenvalue weighted by Crippen LogP contribution is 2.49. The summed E-state index contributed by atoms with van der Waals surface area (Å²) in [6, 6.07) is 0.189. The van der Waals surface area contributed by atoms with Crippen LogP contribution in [0.15, 0.2) is 12.4 Å². The molecule has 6 heteroatoms. The number of imidazole rings is 1. The van der Waals surface area contributed by atoms with Gasteiger partial charge < -0.3 is 14.8 Å². The van der Waals surface area contributed by atoms with Crippen LogP contribution in [-0.2, 0) is 23.1 Å². The Morgan fingerprint density at radius 2 is 2.19 bits per heavy atom. The van der Waals surface area contributed by atoms with Crippen LogP contribution < -0.4 is 5.32 Å². The van der Waals surface area contributed by atoms with E-state index in [1.165, 1.54) is 6.42 Å². The zero-order valence-corrected chi connectivity index (χ0v) is 15.9. The third-order valence-corrected chi connectivity index (χ3v) is 6.93. The molecule has 2 aliphatic carbocycles. The van der Waals surface area contributed by atoms with Crippen molar-refractivity contribution in [2.24, 2.45) is 24.3 Å². The molecule has 2 saturated carbocycles. The molecular formula is C20H30N4O2. The molecule has 0 aromatic carbocycles. The number of carbonyl (C=O) groups excluding carboxylic acids is 2. The van der Waals surface area contributed by atoms with Crippen molar-refractivity contribution >= 4 is 11.8 Å². The smallest absolute Gasteiger partial charge is 0.227 e. The normalized spacial score (nSPS) is 29.3. The molecule has 3 atom stereocenters. The zero-order valence-electron chi connectivity index (χ0n) is 15.9. The molecule has 1 aromatic heterocycles. The molecular weight excluding hydrogens is 328 g/mol. The Hall–Kier alpha value is -1.85. The number of hydrogen-bond acceptors (Lipinski definition) is 3. The third-order valence-electron chi connectivity index (χ3n) is 6.93. The third kappa shape index (κ3) is 3.14. The van der Waals surface area contributed by atoms with Gasteiger partial charge in [0.25, 0.3) is 0 Å². The molecule has 0 radical (unpaired) electrons. The fourth-order valence-electron chi connectivity index (χ4n) is 4.90. The molecule has 6 nitrogen and oxygen atoms in total. The minimum absolute atomic E-state index is 0.0450. The second kappa shape index (κ2) is 6.71. The van der Waals surface area contributed by atoms with E-state index in [1.807, 2.05) is 17.8 Å². The van der Waals surface area contributed by atoms with Crippen LogP contribution in [0.2, 0.25) is 0 Å². The van der Waals surface area contributed by atoms with Crippen LogP contribution in [0.4, 0.5) is 0 Å². The fraction of sp³-hybridized carbons (Fsp3) is 0.750. The lowest BCUT2D eigenvalue weighted by Gasteiger charge is -2.54. The summed E-state index contributed by atoms with van der Waals surface area (Å²) in [4.78, 5) is 31.6. The van der Waals surface area contributed by atoms with Gasteiger partial charge in [0.1, 0.15) is 5.82 Å². The monoisotopic (exact) mass is 358 g/mol. The molecule has 1 N–H and O–H groups in total. The molecule has 0 bridgehead atoms. The van der Waals surface area contributed by atoms with Crippen molar-refractivity contribution in [2.75, 3.05) is 13.1 Å². The van der Waals surface area contributed by atoms with E-state index in [9.17, 15) is 9.59 Å². The molecule has 3 aliphatic rings. The second-order valence-electron chi connectivity index (χ2n) is 8.53. The van der Waals surface area contributed by atoms with Gasteiger partial charge >= 0.3 is 0 Å². The van der Waals surface area contributed by atoms with Crippen molar-refractivity contribution < 1.29 is 9.59 Å². The molecule has 3 fully saturated rings. The first-order valence-electron chi connectivity index (χ1n) is 10.1. The number of aromatic nitrogens is 2. The maximum absolute atomic E-state index is 12.8. The van der Waals surface area contributed by atoms with Gasteiger partial charge in [-0.3, -0.25) is 9.59 Å². The lowest BCUT2D eigenvalue weighted by Crippen LogP contribution is -2.62. The molecule has 4 rings (SSSR count). The van der Waals surface area contributed by atoms with Crippen LogP contribution in [0.3, 0.4) is 0 Å². The van der Waals surface area contributed by atoms with Gasteiger partial charge in [-0.2, -0.15) is 0 Å². The Kier molecular flexibility index (Phi) is 4.53. The fourth-order valence-corrected chi connectivity index (χ4v) is 4.90. The molecule has 26 heavy (non-hydrogen) atoms. The van der Waals surface area contributed by atoms with Gasteiger partial charge in [0.2, 0.25) is 11.8 Å². The average Bonchev–Trinajstić information content (AvgIpc) is 3.29. The first-order chi connectivity index (χ1) is 12.5. The lowest BCUT2D eigenvalue weighted by atomic mass is 9.61. The van der Waals surface area contributed by atoms with E-state index < -0.39 is 0 Å². The van der Waals surface area contributed by atoms with Crippen LogP contribution in [-0.4, -0.2) is 45.4 Å². The van der Waals surface area contributed by atoms with Crippen molar-refractivity contribution in [1.29, 1.82) is 0 Å². The summed E-state index contributed by atoms with van der Waals surface area (Å²) < 4.78 is 1.89. The van der Waals surface area contributed by atoms with Crippen LogP contribution >= 0.6 is 0 Å². The van der Waals surface area contributed by atoms with Gasteiger partial charge in [-0.1, -0.05) is 19.8 Å². The van der Waals surface area contributed by atoms with Crippen LogP contribution in [0.5, 0.6) is 0 Å². The summed E-state index contributed by atoms with van der Waals surface area (Å²) in [5, 5.41) is 3.27. The Morgan fingerprint density at radius 3 is 2.77 bits per heavy atom. The predicted molar refractivity (Wildman–Crippen MR) is 98.2 cm³/mol. The number of carbonyl (C=O) groups is 2. The highest BCUT2D eigenvalue weighted by molar-refractivity contribution is 5.82. The molecule has 2 amide bonds. The second-order valence-corrected chi connectivity index (χ2v) is 8.53. The van der Waals surface area contributed by atoms with E-state index >= 15 is 0 Å². The number of nitrogens with zero attached hydrogens (tertiary/aromatic N) is 3. The first-order valence-corrected chi connectivity index (χ1v) is 10.1. The van der Waals surface area contributed by atoms with Crippen LogP contribution in [0.1, 0.15) is 51.3 Å². The molecule has 2 heterocycles. The predicted octanol–water partition coefficient (Wildman–Crippen LogP) is 1.90. The SMILES string of the molecule is CCC1CC1C(=O)N1CCC(NC(=O)Cc2nccn2C)C2(CCC2)C1. The Balaban J connectivity index is 1.37. The van der Waals surface area contributed by atoms with Gasteiger partial charge in [-0.15, -0.1) is 0 Å². The maximum atomic E-state index is 12.8. The standard InChI is InChI=1S/C20H30N4O2/c1-3-14-11-15(14)19(26)24-9-5-16(20(13-24)6-4-7-20)22-18(25)12-17-21-8-10-23(17)2/h8,10,14-16H,3-7,9,11-13H2,1-2H3,(H,22,25). The minimum atomic E-state index is 0.0450. The van der Waals surface area contributed by atoms with E-state index in [4.69, 9.17) is 0 Å². The summed E-state index contributed by atoms with van der Waals surface area (Å²) in [5.41, 5.74) is 0.0990. The highest BCUT2D eigenvalue weighted by atomic mass is 16.2. The molecule has 1 saturated heterocycles. The van der Waals surface area contributed by atoms with Gasteiger partial charge in [0, 0.05) is 49.9 Å². The van der Waals surface area contributed by atoms with Crippen molar-refractivity contribution in [1.82, 2.24) is 19.8 Å². The number of likely N-dealkylation sites (tertiary alicyclic amines) is 1. The van der Waals surface area contributed by atoms with E-state index in [1.54, 1.807) is 6.20 Å². The number of rotatable bonds is 5. The first kappa shape index (κ1) is 17.6. The highest BCUT2D eigenvalue weighted by Gasteiger charge is 2.51. The number of amides is 2. The van der Waals surface area contributed by atoms with E-state index in [2.05, 4.69) is 22.1 Å². The Morgan fingerprint density at radius 1 is 1.38 bits per heavy atom. The van der Waals surface area contributed by atoms with Gasteiger partial charge in [0.05, 0.1) is 6.42 Å². The molecule has 1 aliphatic heterocycles. The molecule has 142 valence electrons. The summed E-state index contributed by atoms with van der Waals surface area (Å²) in [6.45, 7) is 3.78. The van der Waals surface area contributed by atoms with Gasteiger partial charge in [-0.25, -0.2) is 4.98 Å². The van der Waals surface area contributed by atoms with Crippen molar-refractivity contribution in [3.8, 4) is 0 Å². The summed E-state index contributed by atoms with van der Waals surface area (Å²) in [5.74, 6) is 2.07. The molecule has 1 spiro atoms. The van der Waals surface area contributed by atoms with Gasteiger partial charge in [-0.05, 0) is 31.6 Å². The average molecular weight is 358 g/mol. The van der Waals surface area contributed by atoms with Crippen LogP contribution in [0.25, 0.3) is 0 Å².